The molecule has 1 aliphatic rings. The maximum Gasteiger partial charge on any atom is 0.343 e. The van der Waals surface area contributed by atoms with E-state index in [1.807, 2.05) is 11.0 Å². The number of quaternary nitrogens is 1. The lowest BCUT2D eigenvalue weighted by molar-refractivity contribution is -0.917. The molecule has 152 valence electrons. The SMILES string of the molecule is COCCCn1c(SCC(=O)N2CC[NH+](Cc3ccccc3)CC2)n[nH]c1=O. The molecule has 3 rings (SSSR count). The summed E-state index contributed by atoms with van der Waals surface area (Å²) in [5, 5.41) is 7.07. The lowest BCUT2D eigenvalue weighted by atomic mass is 10.2. The van der Waals surface area contributed by atoms with E-state index in [0.717, 1.165) is 39.1 Å². The Hall–Kier alpha value is -2.10. The van der Waals surface area contributed by atoms with Crippen LogP contribution in [0.5, 0.6) is 0 Å². The fraction of sp³-hybridized carbons (Fsp3) is 0.526. The number of amides is 1. The smallest absolute Gasteiger partial charge is 0.343 e. The fourth-order valence-electron chi connectivity index (χ4n) is 3.33. The number of hydrogen-bond donors (Lipinski definition) is 2. The zero-order valence-corrected chi connectivity index (χ0v) is 17.0. The van der Waals surface area contributed by atoms with Gasteiger partial charge in [-0.15, -0.1) is 5.10 Å². The van der Waals surface area contributed by atoms with Gasteiger partial charge in [-0.05, 0) is 6.42 Å². The van der Waals surface area contributed by atoms with Gasteiger partial charge in [-0.3, -0.25) is 9.36 Å². The van der Waals surface area contributed by atoms with Crippen LogP contribution in [0.15, 0.2) is 40.3 Å². The highest BCUT2D eigenvalue weighted by Crippen LogP contribution is 2.14. The fourth-order valence-corrected chi connectivity index (χ4v) is 4.20. The number of methoxy groups -OCH3 is 1. The van der Waals surface area contributed by atoms with Crippen LogP contribution in [-0.4, -0.2) is 71.2 Å². The number of nitrogens with zero attached hydrogens (tertiary/aromatic N) is 3. The number of hydrogen-bond acceptors (Lipinski definition) is 5. The first-order valence-electron chi connectivity index (χ1n) is 9.59. The first-order chi connectivity index (χ1) is 13.7. The van der Waals surface area contributed by atoms with Gasteiger partial charge in [0.1, 0.15) is 6.54 Å². The molecular formula is C19H28N5O3S+. The summed E-state index contributed by atoms with van der Waals surface area (Å²) in [6, 6.07) is 10.5. The minimum Gasteiger partial charge on any atom is -0.385 e. The van der Waals surface area contributed by atoms with Crippen molar-refractivity contribution in [1.82, 2.24) is 19.7 Å². The Morgan fingerprint density at radius 2 is 2.04 bits per heavy atom. The zero-order valence-electron chi connectivity index (χ0n) is 16.2. The highest BCUT2D eigenvalue weighted by Gasteiger charge is 2.24. The second-order valence-electron chi connectivity index (χ2n) is 6.89. The minimum atomic E-state index is -0.246. The summed E-state index contributed by atoms with van der Waals surface area (Å²) >= 11 is 1.31. The number of nitrogens with one attached hydrogen (secondary N) is 2. The van der Waals surface area contributed by atoms with Crippen molar-refractivity contribution >= 4 is 17.7 Å². The standard InChI is InChI=1S/C19H27N5O3S/c1-27-13-5-8-24-18(26)20-21-19(24)28-15-17(25)23-11-9-22(10-12-23)14-16-6-3-2-4-7-16/h2-4,6-7H,5,8-15H2,1H3,(H,20,26)/p+1. The highest BCUT2D eigenvalue weighted by molar-refractivity contribution is 7.99. The van der Waals surface area contributed by atoms with Crippen LogP contribution in [0.4, 0.5) is 0 Å². The number of H-pyrrole nitrogens is 1. The molecule has 8 nitrogen and oxygen atoms in total. The van der Waals surface area contributed by atoms with E-state index in [-0.39, 0.29) is 11.6 Å². The number of benzene rings is 1. The van der Waals surface area contributed by atoms with E-state index in [4.69, 9.17) is 4.74 Å². The van der Waals surface area contributed by atoms with Crippen molar-refractivity contribution in [2.75, 3.05) is 45.6 Å². The number of carbonyl (C=O) groups excluding carboxylic acids is 1. The molecule has 2 aromatic rings. The van der Waals surface area contributed by atoms with Crippen molar-refractivity contribution in [3.8, 4) is 0 Å². The predicted octanol–water partition coefficient (Wildman–Crippen LogP) is -0.373. The highest BCUT2D eigenvalue weighted by atomic mass is 32.2. The van der Waals surface area contributed by atoms with Crippen molar-refractivity contribution in [3.63, 3.8) is 0 Å². The van der Waals surface area contributed by atoms with Crippen LogP contribution in [0.1, 0.15) is 12.0 Å². The quantitative estimate of drug-likeness (QED) is 0.438. The molecule has 0 atom stereocenters. The zero-order chi connectivity index (χ0) is 19.8. The summed E-state index contributed by atoms with van der Waals surface area (Å²) in [6.07, 6.45) is 0.726. The van der Waals surface area contributed by atoms with Gasteiger partial charge >= 0.3 is 5.69 Å². The summed E-state index contributed by atoms with van der Waals surface area (Å²) in [5.74, 6) is 0.394. The Kier molecular flexibility index (Phi) is 7.70. The number of ether oxygens (including phenoxy) is 1. The van der Waals surface area contributed by atoms with Crippen molar-refractivity contribution < 1.29 is 14.4 Å². The van der Waals surface area contributed by atoms with Gasteiger partial charge in [0.25, 0.3) is 0 Å². The molecule has 0 aliphatic carbocycles. The van der Waals surface area contributed by atoms with E-state index in [9.17, 15) is 9.59 Å². The van der Waals surface area contributed by atoms with E-state index in [0.29, 0.717) is 24.1 Å². The topological polar surface area (TPSA) is 84.7 Å². The molecule has 9 heteroatoms. The Morgan fingerprint density at radius 1 is 1.29 bits per heavy atom. The second kappa shape index (κ2) is 10.4. The molecule has 0 spiro atoms. The summed E-state index contributed by atoms with van der Waals surface area (Å²) in [6.45, 7) is 5.55. The van der Waals surface area contributed by atoms with Crippen LogP contribution in [0, 0.1) is 0 Å². The van der Waals surface area contributed by atoms with Crippen molar-refractivity contribution in [2.24, 2.45) is 0 Å². The molecule has 1 fully saturated rings. The maximum absolute atomic E-state index is 12.6. The van der Waals surface area contributed by atoms with Gasteiger partial charge in [0.2, 0.25) is 5.91 Å². The molecule has 28 heavy (non-hydrogen) atoms. The lowest BCUT2D eigenvalue weighted by Crippen LogP contribution is -3.13. The molecule has 1 aromatic carbocycles. The third kappa shape index (κ3) is 5.70. The summed E-state index contributed by atoms with van der Waals surface area (Å²) < 4.78 is 6.60. The third-order valence-electron chi connectivity index (χ3n) is 4.90. The summed E-state index contributed by atoms with van der Waals surface area (Å²) in [4.78, 5) is 27.8. The van der Waals surface area contributed by atoms with Crippen LogP contribution in [0.25, 0.3) is 0 Å². The van der Waals surface area contributed by atoms with E-state index in [2.05, 4.69) is 34.5 Å². The molecule has 0 radical (unpaired) electrons. The monoisotopic (exact) mass is 406 g/mol. The molecule has 1 saturated heterocycles. The molecule has 2 heterocycles. The van der Waals surface area contributed by atoms with Crippen LogP contribution >= 0.6 is 11.8 Å². The first kappa shape index (κ1) is 20.6. The van der Waals surface area contributed by atoms with Gasteiger partial charge in [0, 0.05) is 25.8 Å². The minimum absolute atomic E-state index is 0.0997. The number of aromatic nitrogens is 3. The molecular weight excluding hydrogens is 378 g/mol. The summed E-state index contributed by atoms with van der Waals surface area (Å²) in [5.41, 5.74) is 1.09. The Bertz CT molecular complexity index is 799. The predicted molar refractivity (Wildman–Crippen MR) is 107 cm³/mol. The molecule has 0 bridgehead atoms. The second-order valence-corrected chi connectivity index (χ2v) is 7.83. The lowest BCUT2D eigenvalue weighted by Gasteiger charge is -2.32. The summed E-state index contributed by atoms with van der Waals surface area (Å²) in [7, 11) is 1.63. The van der Waals surface area contributed by atoms with Crippen LogP contribution in [0.3, 0.4) is 0 Å². The normalized spacial score (nSPS) is 15.1. The Balaban J connectivity index is 1.44. The van der Waals surface area contributed by atoms with E-state index >= 15 is 0 Å². The largest absolute Gasteiger partial charge is 0.385 e. The van der Waals surface area contributed by atoms with Crippen molar-refractivity contribution in [3.05, 3.63) is 46.4 Å². The average molecular weight is 407 g/mol. The van der Waals surface area contributed by atoms with Gasteiger partial charge < -0.3 is 14.5 Å². The number of thioether (sulfide) groups is 1. The Labute approximate surface area is 168 Å². The Morgan fingerprint density at radius 3 is 2.75 bits per heavy atom. The third-order valence-corrected chi connectivity index (χ3v) is 5.86. The molecule has 0 saturated carbocycles. The van der Waals surface area contributed by atoms with E-state index < -0.39 is 0 Å². The van der Waals surface area contributed by atoms with Gasteiger partial charge in [-0.2, -0.15) is 0 Å². The van der Waals surface area contributed by atoms with Crippen LogP contribution in [0.2, 0.25) is 0 Å². The molecule has 2 N–H and O–H groups in total. The van der Waals surface area contributed by atoms with Gasteiger partial charge in [0.15, 0.2) is 5.16 Å². The molecule has 1 aliphatic heterocycles. The first-order valence-corrected chi connectivity index (χ1v) is 10.6. The number of rotatable bonds is 9. The number of carbonyl (C=O) groups is 1. The molecule has 0 unspecified atom stereocenters. The van der Waals surface area contributed by atoms with E-state index in [1.54, 1.807) is 11.7 Å². The molecule has 1 aromatic heterocycles. The number of piperazine rings is 1. The van der Waals surface area contributed by atoms with Gasteiger partial charge in [0.05, 0.1) is 31.9 Å². The van der Waals surface area contributed by atoms with Gasteiger partial charge in [-0.25, -0.2) is 9.89 Å². The van der Waals surface area contributed by atoms with Gasteiger partial charge in [-0.1, -0.05) is 42.1 Å². The van der Waals surface area contributed by atoms with Crippen LogP contribution in [-0.2, 0) is 22.6 Å². The average Bonchev–Trinajstić information content (AvgIpc) is 3.07. The maximum atomic E-state index is 12.6. The van der Waals surface area contributed by atoms with E-state index in [1.165, 1.54) is 22.2 Å². The number of aromatic amines is 1. The van der Waals surface area contributed by atoms with Crippen molar-refractivity contribution in [2.45, 2.75) is 24.7 Å². The van der Waals surface area contributed by atoms with Crippen LogP contribution < -0.4 is 10.6 Å². The van der Waals surface area contributed by atoms with Crippen molar-refractivity contribution in [1.29, 1.82) is 0 Å². The molecule has 1 amide bonds.